The summed E-state index contributed by atoms with van der Waals surface area (Å²) in [4.78, 5) is 24.3. The molecule has 1 amide bonds. The molecule has 6 heteroatoms. The van der Waals surface area contributed by atoms with Gasteiger partial charge in [-0.3, -0.25) is 9.59 Å². The fourth-order valence-electron chi connectivity index (χ4n) is 3.33. The Hall–Kier alpha value is -1.14. The molecule has 2 N–H and O–H groups in total. The fraction of sp³-hybridized carbons (Fsp3) is 0.875. The van der Waals surface area contributed by atoms with Crippen LogP contribution in [0.15, 0.2) is 0 Å². The lowest BCUT2D eigenvalue weighted by Crippen LogP contribution is -2.48. The molecule has 1 aliphatic heterocycles. The quantitative estimate of drug-likeness (QED) is 0.757. The van der Waals surface area contributed by atoms with E-state index < -0.39 is 0 Å². The minimum atomic E-state index is -0.218. The lowest BCUT2D eigenvalue weighted by molar-refractivity contribution is -0.147. The minimum Gasteiger partial charge on any atom is -0.469 e. The molecule has 1 saturated heterocycles. The van der Waals surface area contributed by atoms with E-state index in [0.717, 1.165) is 45.1 Å². The SMILES string of the molecule is COC(=O)C1CCCCCCC1NC(=O)CC1COCCN1. The van der Waals surface area contributed by atoms with Gasteiger partial charge in [-0.1, -0.05) is 25.7 Å². The number of nitrogens with one attached hydrogen (secondary N) is 2. The number of carbonyl (C=O) groups excluding carboxylic acids is 2. The highest BCUT2D eigenvalue weighted by molar-refractivity contribution is 5.79. The smallest absolute Gasteiger partial charge is 0.310 e. The third-order valence-electron chi connectivity index (χ3n) is 4.55. The molecule has 1 heterocycles. The van der Waals surface area contributed by atoms with E-state index in [9.17, 15) is 9.59 Å². The Balaban J connectivity index is 1.89. The Kier molecular flexibility index (Phi) is 7.12. The summed E-state index contributed by atoms with van der Waals surface area (Å²) in [6.45, 7) is 2.05. The normalized spacial score (nSPS) is 30.0. The van der Waals surface area contributed by atoms with Crippen LogP contribution in [0.4, 0.5) is 0 Å². The Labute approximate surface area is 132 Å². The molecule has 3 atom stereocenters. The van der Waals surface area contributed by atoms with Gasteiger partial charge in [0.25, 0.3) is 0 Å². The maximum atomic E-state index is 12.3. The van der Waals surface area contributed by atoms with Crippen molar-refractivity contribution in [2.75, 3.05) is 26.9 Å². The van der Waals surface area contributed by atoms with Crippen LogP contribution in [0, 0.1) is 5.92 Å². The van der Waals surface area contributed by atoms with Crippen LogP contribution in [0.2, 0.25) is 0 Å². The summed E-state index contributed by atoms with van der Waals surface area (Å²) in [5, 5.41) is 6.34. The van der Waals surface area contributed by atoms with Gasteiger partial charge in [-0.2, -0.15) is 0 Å². The molecule has 6 nitrogen and oxygen atoms in total. The van der Waals surface area contributed by atoms with Gasteiger partial charge in [-0.25, -0.2) is 0 Å². The zero-order valence-corrected chi connectivity index (χ0v) is 13.4. The second kappa shape index (κ2) is 9.10. The minimum absolute atomic E-state index is 0.0116. The molecule has 2 aliphatic rings. The second-order valence-corrected chi connectivity index (χ2v) is 6.23. The number of hydrogen-bond donors (Lipinski definition) is 2. The number of morpholine rings is 1. The largest absolute Gasteiger partial charge is 0.469 e. The predicted octanol–water partition coefficient (Wildman–Crippen LogP) is 0.993. The Morgan fingerprint density at radius 2 is 2.00 bits per heavy atom. The monoisotopic (exact) mass is 312 g/mol. The summed E-state index contributed by atoms with van der Waals surface area (Å²) in [6, 6.07) is -0.0383. The summed E-state index contributed by atoms with van der Waals surface area (Å²) < 4.78 is 10.3. The van der Waals surface area contributed by atoms with Gasteiger partial charge in [0, 0.05) is 25.0 Å². The van der Waals surface area contributed by atoms with Crippen molar-refractivity contribution >= 4 is 11.9 Å². The molecule has 0 aromatic carbocycles. The van der Waals surface area contributed by atoms with Gasteiger partial charge in [-0.15, -0.1) is 0 Å². The van der Waals surface area contributed by atoms with Crippen molar-refractivity contribution in [3.63, 3.8) is 0 Å². The summed E-state index contributed by atoms with van der Waals surface area (Å²) in [5.41, 5.74) is 0. The van der Waals surface area contributed by atoms with Gasteiger partial charge in [0.1, 0.15) is 0 Å². The maximum absolute atomic E-state index is 12.3. The van der Waals surface area contributed by atoms with E-state index in [1.54, 1.807) is 0 Å². The van der Waals surface area contributed by atoms with E-state index in [2.05, 4.69) is 10.6 Å². The molecule has 1 saturated carbocycles. The highest BCUT2D eigenvalue weighted by Gasteiger charge is 2.31. The lowest BCUT2D eigenvalue weighted by Gasteiger charge is -2.29. The molecule has 3 unspecified atom stereocenters. The molecule has 0 aromatic heterocycles. The zero-order valence-electron chi connectivity index (χ0n) is 13.4. The van der Waals surface area contributed by atoms with Gasteiger partial charge >= 0.3 is 5.97 Å². The first-order chi connectivity index (χ1) is 10.7. The number of hydrogen-bond acceptors (Lipinski definition) is 5. The van der Waals surface area contributed by atoms with Crippen molar-refractivity contribution in [1.82, 2.24) is 10.6 Å². The number of carbonyl (C=O) groups is 2. The Morgan fingerprint density at radius 1 is 1.23 bits per heavy atom. The number of methoxy groups -OCH3 is 1. The van der Waals surface area contributed by atoms with E-state index in [0.29, 0.717) is 19.6 Å². The highest BCUT2D eigenvalue weighted by Crippen LogP contribution is 2.24. The van der Waals surface area contributed by atoms with Crippen molar-refractivity contribution < 1.29 is 19.1 Å². The first-order valence-corrected chi connectivity index (χ1v) is 8.39. The fourth-order valence-corrected chi connectivity index (χ4v) is 3.33. The van der Waals surface area contributed by atoms with Crippen molar-refractivity contribution in [3.05, 3.63) is 0 Å². The molecule has 2 rings (SSSR count). The first kappa shape index (κ1) is 17.2. The van der Waals surface area contributed by atoms with Crippen molar-refractivity contribution in [3.8, 4) is 0 Å². The first-order valence-electron chi connectivity index (χ1n) is 8.39. The number of amides is 1. The van der Waals surface area contributed by atoms with Crippen molar-refractivity contribution in [2.45, 2.75) is 57.0 Å². The molecule has 0 bridgehead atoms. The van der Waals surface area contributed by atoms with E-state index >= 15 is 0 Å². The van der Waals surface area contributed by atoms with E-state index in [4.69, 9.17) is 9.47 Å². The molecular weight excluding hydrogens is 284 g/mol. The predicted molar refractivity (Wildman–Crippen MR) is 82.4 cm³/mol. The summed E-state index contributed by atoms with van der Waals surface area (Å²) in [7, 11) is 1.42. The van der Waals surface area contributed by atoms with Crippen LogP contribution in [-0.4, -0.2) is 50.8 Å². The molecule has 0 radical (unpaired) electrons. The van der Waals surface area contributed by atoms with Gasteiger partial charge in [0.05, 0.1) is 26.2 Å². The van der Waals surface area contributed by atoms with Gasteiger partial charge in [0.2, 0.25) is 5.91 Å². The zero-order chi connectivity index (χ0) is 15.8. The van der Waals surface area contributed by atoms with Crippen LogP contribution in [0.25, 0.3) is 0 Å². The van der Waals surface area contributed by atoms with Crippen LogP contribution in [0.1, 0.15) is 44.9 Å². The van der Waals surface area contributed by atoms with Crippen LogP contribution in [0.5, 0.6) is 0 Å². The second-order valence-electron chi connectivity index (χ2n) is 6.23. The summed E-state index contributed by atoms with van der Waals surface area (Å²) in [6.07, 6.45) is 6.41. The molecule has 0 aromatic rings. The third-order valence-corrected chi connectivity index (χ3v) is 4.55. The Bertz CT molecular complexity index is 369. The van der Waals surface area contributed by atoms with Crippen LogP contribution >= 0.6 is 0 Å². The maximum Gasteiger partial charge on any atom is 0.310 e. The molecule has 2 fully saturated rings. The van der Waals surface area contributed by atoms with E-state index in [-0.39, 0.29) is 29.9 Å². The summed E-state index contributed by atoms with van der Waals surface area (Å²) >= 11 is 0. The molecular formula is C16H28N2O4. The number of esters is 1. The topological polar surface area (TPSA) is 76.7 Å². The average Bonchev–Trinajstić information content (AvgIpc) is 2.50. The van der Waals surface area contributed by atoms with Crippen LogP contribution < -0.4 is 10.6 Å². The van der Waals surface area contributed by atoms with Crippen LogP contribution in [0.3, 0.4) is 0 Å². The molecule has 22 heavy (non-hydrogen) atoms. The Morgan fingerprint density at radius 3 is 2.68 bits per heavy atom. The van der Waals surface area contributed by atoms with Crippen LogP contribution in [-0.2, 0) is 19.1 Å². The third kappa shape index (κ3) is 5.25. The van der Waals surface area contributed by atoms with E-state index in [1.807, 2.05) is 0 Å². The number of ether oxygens (including phenoxy) is 2. The van der Waals surface area contributed by atoms with Crippen molar-refractivity contribution in [2.24, 2.45) is 5.92 Å². The number of rotatable bonds is 4. The highest BCUT2D eigenvalue weighted by atomic mass is 16.5. The van der Waals surface area contributed by atoms with Crippen molar-refractivity contribution in [1.29, 1.82) is 0 Å². The molecule has 1 aliphatic carbocycles. The molecule has 126 valence electrons. The molecule has 0 spiro atoms. The van der Waals surface area contributed by atoms with Gasteiger partial charge < -0.3 is 20.1 Å². The standard InChI is InChI=1S/C16H28N2O4/c1-21-16(20)13-6-4-2-3-5-7-14(13)18-15(19)10-12-11-22-9-8-17-12/h12-14,17H,2-11H2,1H3,(H,18,19). The lowest BCUT2D eigenvalue weighted by atomic mass is 9.86. The average molecular weight is 312 g/mol. The van der Waals surface area contributed by atoms with E-state index in [1.165, 1.54) is 7.11 Å². The summed E-state index contributed by atoms with van der Waals surface area (Å²) in [5.74, 6) is -0.432. The van der Waals surface area contributed by atoms with Gasteiger partial charge in [-0.05, 0) is 12.8 Å². The van der Waals surface area contributed by atoms with Gasteiger partial charge in [0.15, 0.2) is 0 Å².